The fourth-order valence-corrected chi connectivity index (χ4v) is 2.86. The second-order valence-electron chi connectivity index (χ2n) is 6.04. The molecule has 3 aromatic heterocycles. The number of oxazole rings is 1. The van der Waals surface area contributed by atoms with Crippen LogP contribution in [-0.2, 0) is 0 Å². The van der Waals surface area contributed by atoms with Crippen LogP contribution in [0.5, 0.6) is 0 Å². The van der Waals surface area contributed by atoms with Crippen molar-refractivity contribution in [1.82, 2.24) is 14.4 Å². The molecule has 3 heterocycles. The molecule has 0 spiro atoms. The first-order valence-electron chi connectivity index (χ1n) is 8.32. The van der Waals surface area contributed by atoms with Gasteiger partial charge in [0.15, 0.2) is 12.0 Å². The fourth-order valence-electron chi connectivity index (χ4n) is 2.86. The van der Waals surface area contributed by atoms with Gasteiger partial charge in [-0.25, -0.2) is 27.5 Å². The summed E-state index contributed by atoms with van der Waals surface area (Å²) in [6.45, 7) is 0. The highest BCUT2D eigenvalue weighted by molar-refractivity contribution is 6.08. The Labute approximate surface area is 160 Å². The zero-order chi connectivity index (χ0) is 20.5. The minimum atomic E-state index is -3.05. The zero-order valence-electron chi connectivity index (χ0n) is 14.5. The van der Waals surface area contributed by atoms with Gasteiger partial charge in [0.25, 0.3) is 18.8 Å². The molecule has 0 aliphatic carbocycles. The summed E-state index contributed by atoms with van der Waals surface area (Å²) >= 11 is 0. The van der Waals surface area contributed by atoms with Gasteiger partial charge < -0.3 is 9.73 Å². The number of amides is 1. The van der Waals surface area contributed by atoms with Crippen LogP contribution in [0.1, 0.15) is 34.6 Å². The molecular formula is C19H12F4N4O2. The average molecular weight is 404 g/mol. The van der Waals surface area contributed by atoms with Crippen LogP contribution in [-0.4, -0.2) is 20.3 Å². The predicted octanol–water partition coefficient (Wildman–Crippen LogP) is 5.12. The van der Waals surface area contributed by atoms with Crippen molar-refractivity contribution >= 4 is 17.2 Å². The normalized spacial score (nSPS) is 11.5. The molecule has 0 saturated heterocycles. The van der Waals surface area contributed by atoms with Crippen LogP contribution in [0.3, 0.4) is 0 Å². The molecule has 4 rings (SSSR count). The van der Waals surface area contributed by atoms with E-state index in [1.165, 1.54) is 24.9 Å². The van der Waals surface area contributed by atoms with Crippen LogP contribution < -0.4 is 5.32 Å². The number of fused-ring (bicyclic) bond motifs is 1. The van der Waals surface area contributed by atoms with E-state index in [-0.39, 0.29) is 11.2 Å². The largest absolute Gasteiger partial charge is 0.451 e. The Bertz CT molecular complexity index is 1160. The number of nitrogens with zero attached hydrogens (tertiary/aromatic N) is 3. The smallest absolute Gasteiger partial charge is 0.280 e. The highest BCUT2D eigenvalue weighted by atomic mass is 19.3. The number of halogens is 4. The number of hydrogen-bond donors (Lipinski definition) is 1. The van der Waals surface area contributed by atoms with Gasteiger partial charge in [0.2, 0.25) is 0 Å². The van der Waals surface area contributed by atoms with Crippen molar-refractivity contribution in [2.75, 3.05) is 5.32 Å². The van der Waals surface area contributed by atoms with Crippen molar-refractivity contribution in [1.29, 1.82) is 0 Å². The Morgan fingerprint density at radius 3 is 2.45 bits per heavy atom. The third-order valence-corrected chi connectivity index (χ3v) is 4.23. The molecule has 1 N–H and O–H groups in total. The third-order valence-electron chi connectivity index (χ3n) is 4.23. The first-order valence-corrected chi connectivity index (χ1v) is 8.32. The maximum absolute atomic E-state index is 13.2. The molecule has 1 amide bonds. The van der Waals surface area contributed by atoms with Gasteiger partial charge in [-0.1, -0.05) is 12.1 Å². The van der Waals surface area contributed by atoms with E-state index in [1.807, 2.05) is 0 Å². The predicted molar refractivity (Wildman–Crippen MR) is 95.0 cm³/mol. The lowest BCUT2D eigenvalue weighted by atomic mass is 10.1. The van der Waals surface area contributed by atoms with Gasteiger partial charge in [-0.2, -0.15) is 0 Å². The minimum Gasteiger partial charge on any atom is -0.451 e. The van der Waals surface area contributed by atoms with Crippen molar-refractivity contribution < 1.29 is 26.8 Å². The number of carbonyl (C=O) groups excluding carboxylic acids is 1. The van der Waals surface area contributed by atoms with E-state index in [2.05, 4.69) is 15.3 Å². The average Bonchev–Trinajstić information content (AvgIpc) is 3.37. The molecule has 29 heavy (non-hydrogen) atoms. The quantitative estimate of drug-likeness (QED) is 0.469. The van der Waals surface area contributed by atoms with Gasteiger partial charge in [-0.15, -0.1) is 0 Å². The number of carbonyl (C=O) groups is 1. The third kappa shape index (κ3) is 3.56. The number of hydrogen-bond acceptors (Lipinski definition) is 4. The summed E-state index contributed by atoms with van der Waals surface area (Å²) in [5.41, 5.74) is -0.0650. The summed E-state index contributed by atoms with van der Waals surface area (Å²) < 4.78 is 58.4. The second kappa shape index (κ2) is 7.38. The molecule has 0 bridgehead atoms. The van der Waals surface area contributed by atoms with Crippen molar-refractivity contribution in [3.8, 4) is 11.3 Å². The van der Waals surface area contributed by atoms with E-state index in [9.17, 15) is 22.4 Å². The van der Waals surface area contributed by atoms with Crippen LogP contribution in [0.15, 0.2) is 59.7 Å². The molecule has 0 fully saturated rings. The van der Waals surface area contributed by atoms with Crippen molar-refractivity contribution in [3.05, 3.63) is 72.2 Å². The molecule has 148 valence electrons. The molecule has 0 aliphatic rings. The van der Waals surface area contributed by atoms with E-state index in [1.54, 1.807) is 24.3 Å². The summed E-state index contributed by atoms with van der Waals surface area (Å²) in [5, 5.41) is 2.60. The number of benzene rings is 1. The van der Waals surface area contributed by atoms with E-state index in [4.69, 9.17) is 4.42 Å². The van der Waals surface area contributed by atoms with Crippen LogP contribution in [0.2, 0.25) is 0 Å². The molecule has 0 saturated carbocycles. The van der Waals surface area contributed by atoms with E-state index < -0.39 is 30.1 Å². The first kappa shape index (κ1) is 18.7. The van der Waals surface area contributed by atoms with Gasteiger partial charge in [0.1, 0.15) is 17.7 Å². The summed E-state index contributed by atoms with van der Waals surface area (Å²) in [7, 11) is 0. The fraction of sp³-hybridized carbons (Fsp3) is 0.105. The number of rotatable bonds is 5. The van der Waals surface area contributed by atoms with Gasteiger partial charge in [-0.05, 0) is 24.3 Å². The van der Waals surface area contributed by atoms with Crippen molar-refractivity contribution in [3.63, 3.8) is 0 Å². The van der Waals surface area contributed by atoms with Crippen molar-refractivity contribution in [2.24, 2.45) is 0 Å². The Morgan fingerprint density at radius 2 is 1.83 bits per heavy atom. The summed E-state index contributed by atoms with van der Waals surface area (Å²) in [6.07, 6.45) is -2.11. The molecule has 0 atom stereocenters. The van der Waals surface area contributed by atoms with Crippen molar-refractivity contribution in [2.45, 2.75) is 12.9 Å². The summed E-state index contributed by atoms with van der Waals surface area (Å²) in [5.74, 6) is -0.666. The Balaban J connectivity index is 1.65. The maximum atomic E-state index is 13.2. The minimum absolute atomic E-state index is 0.102. The summed E-state index contributed by atoms with van der Waals surface area (Å²) in [4.78, 5) is 20.3. The van der Waals surface area contributed by atoms with Gasteiger partial charge in [0.05, 0.1) is 11.3 Å². The number of aromatic nitrogens is 3. The molecule has 4 aromatic rings. The standard InChI is InChI=1S/C19H12F4N4O2/c20-16(21)13-7-15(17(22)23)27-6-5-12(18(27)26-13)19(28)25-11-3-1-10(2-4-11)14-8-29-9-24-14/h1-9,16-17H,(H,25,28). The Morgan fingerprint density at radius 1 is 1.07 bits per heavy atom. The molecular weight excluding hydrogens is 392 g/mol. The van der Waals surface area contributed by atoms with Crippen LogP contribution in [0, 0.1) is 0 Å². The van der Waals surface area contributed by atoms with E-state index >= 15 is 0 Å². The summed E-state index contributed by atoms with van der Waals surface area (Å²) in [6, 6.07) is 8.52. The van der Waals surface area contributed by atoms with Gasteiger partial charge >= 0.3 is 0 Å². The maximum Gasteiger partial charge on any atom is 0.280 e. The van der Waals surface area contributed by atoms with Crippen LogP contribution in [0.4, 0.5) is 23.2 Å². The molecule has 6 nitrogen and oxygen atoms in total. The van der Waals surface area contributed by atoms with Gasteiger partial charge in [-0.3, -0.25) is 9.20 Å². The molecule has 1 aromatic carbocycles. The lowest BCUT2D eigenvalue weighted by Crippen LogP contribution is -2.13. The topological polar surface area (TPSA) is 72.4 Å². The number of nitrogens with one attached hydrogen (secondary N) is 1. The molecule has 0 unspecified atom stereocenters. The highest BCUT2D eigenvalue weighted by Crippen LogP contribution is 2.27. The molecule has 0 radical (unpaired) electrons. The number of anilines is 1. The van der Waals surface area contributed by atoms with Gasteiger partial charge in [0, 0.05) is 17.4 Å². The molecule has 0 aliphatic heterocycles. The lowest BCUT2D eigenvalue weighted by Gasteiger charge is -2.09. The van der Waals surface area contributed by atoms with Crippen LogP contribution in [0.25, 0.3) is 16.9 Å². The number of alkyl halides is 4. The lowest BCUT2D eigenvalue weighted by molar-refractivity contribution is 0.102. The Kier molecular flexibility index (Phi) is 4.75. The highest BCUT2D eigenvalue weighted by Gasteiger charge is 2.22. The first-order chi connectivity index (χ1) is 13.9. The van der Waals surface area contributed by atoms with E-state index in [0.29, 0.717) is 17.4 Å². The second-order valence-corrected chi connectivity index (χ2v) is 6.04. The monoisotopic (exact) mass is 404 g/mol. The zero-order valence-corrected chi connectivity index (χ0v) is 14.5. The molecule has 10 heteroatoms. The SMILES string of the molecule is O=C(Nc1ccc(-c2cocn2)cc1)c1ccn2c(C(F)F)cc(C(F)F)nc12. The van der Waals surface area contributed by atoms with Crippen LogP contribution >= 0.6 is 0 Å². The Hall–Kier alpha value is -3.69. The van der Waals surface area contributed by atoms with E-state index in [0.717, 1.165) is 9.96 Å².